The van der Waals surface area contributed by atoms with Crippen LogP contribution in [0.1, 0.15) is 188 Å². The van der Waals surface area contributed by atoms with Gasteiger partial charge < -0.3 is 59.0 Å². The Bertz CT molecular complexity index is 2730. The Hall–Kier alpha value is -6.32. The largest absolute Gasteiger partial charge is 0.508 e. The summed E-state index contributed by atoms with van der Waals surface area (Å²) in [6.07, 6.45) is 0.0250. The predicted molar refractivity (Wildman–Crippen MR) is 378 cm³/mol. The highest BCUT2D eigenvalue weighted by molar-refractivity contribution is 6.00. The van der Waals surface area contributed by atoms with E-state index < -0.39 is 167 Å². The molecule has 0 unspecified atom stereocenters. The van der Waals surface area contributed by atoms with Crippen molar-refractivity contribution >= 4 is 70.9 Å². The van der Waals surface area contributed by atoms with Crippen LogP contribution in [-0.2, 0) is 76.5 Å². The Kier molecular flexibility index (Phi) is 36.7. The van der Waals surface area contributed by atoms with Crippen LogP contribution >= 0.6 is 0 Å². The van der Waals surface area contributed by atoms with Crippen LogP contribution < -0.4 is 10.6 Å². The van der Waals surface area contributed by atoms with Gasteiger partial charge in [-0.2, -0.15) is 0 Å². The van der Waals surface area contributed by atoms with Gasteiger partial charge in [-0.15, -0.1) is 0 Å². The van der Waals surface area contributed by atoms with E-state index in [0.29, 0.717) is 38.9 Å². The predicted octanol–water partition coefficient (Wildman–Crippen LogP) is 6.01. The molecule has 27 nitrogen and oxygen atoms in total. The fourth-order valence-electron chi connectivity index (χ4n) is 13.5. The van der Waals surface area contributed by atoms with Gasteiger partial charge in [0.1, 0.15) is 48.4 Å². The van der Waals surface area contributed by atoms with Crippen molar-refractivity contribution in [1.82, 2.24) is 50.0 Å². The Morgan fingerprint density at radius 2 is 1.06 bits per heavy atom. The molecule has 2 N–H and O–H groups in total. The van der Waals surface area contributed by atoms with Gasteiger partial charge in [-0.25, -0.2) is 9.86 Å². The summed E-state index contributed by atoms with van der Waals surface area (Å²) in [5.41, 5.74) is 0. The lowest BCUT2D eigenvalue weighted by Gasteiger charge is -2.50. The molecule has 3 rings (SSSR count). The minimum absolute atomic E-state index is 0.0263. The third kappa shape index (κ3) is 24.7. The molecule has 0 aromatic carbocycles. The van der Waals surface area contributed by atoms with Crippen LogP contribution in [0.3, 0.4) is 0 Å². The second-order valence-electron chi connectivity index (χ2n) is 30.2. The number of unbranched alkanes of at least 4 members (excludes halogenated alkanes) is 2. The van der Waals surface area contributed by atoms with Crippen molar-refractivity contribution in [3.05, 3.63) is 0 Å². The zero-order valence-electron chi connectivity index (χ0n) is 64.9. The van der Waals surface area contributed by atoms with Crippen molar-refractivity contribution < 1.29 is 81.3 Å². The molecular formula is C73H128N10O17. The maximum absolute atomic E-state index is 15.3. The highest BCUT2D eigenvalue weighted by Gasteiger charge is 2.55. The van der Waals surface area contributed by atoms with Gasteiger partial charge in [0.15, 0.2) is 17.6 Å². The molecule has 572 valence electrons. The summed E-state index contributed by atoms with van der Waals surface area (Å²) < 4.78 is 22.0. The molecule has 100 heavy (non-hydrogen) atoms. The van der Waals surface area contributed by atoms with Gasteiger partial charge in [0.25, 0.3) is 5.91 Å². The molecule has 0 radical (unpaired) electrons. The summed E-state index contributed by atoms with van der Waals surface area (Å²) in [7, 11) is 8.76. The number of Topliss-reactive ketones (excluding diaryl/α,β-unsaturated/α-hetero) is 2. The molecule has 3 aliphatic heterocycles. The summed E-state index contributed by atoms with van der Waals surface area (Å²) in [4.78, 5) is 193. The van der Waals surface area contributed by atoms with Crippen molar-refractivity contribution in [2.75, 3.05) is 95.0 Å². The van der Waals surface area contributed by atoms with E-state index >= 15 is 33.6 Å². The SMILES string of the molecule is CCOC(=O)OCCCC[C@@H](C)[C@H]1ON2C(=O)[C@H](C(C)C)N(C)C(=O)[C@H](CC(C)C)N(C)C(=O)[C@H](CC(C)C)N(C)C(=O)[C@@H](C)NC(=O)[C@H](C)CC(=O)[C@H](CC(C)C)N(C)C(=O)[C@H](C(C)C)CC(=O)[C@H]([C@@H](C)OCCCCN3CCOCC3)N(C)C(=O)[C@@H](C)N(C)C(=O)[C@H](CC)NC(=O)[C@H]12. The third-order valence-corrected chi connectivity index (χ3v) is 19.9. The number of carbonyl (C=O) groups excluding carboxylic acids is 12. The average Bonchev–Trinajstić information content (AvgIpc) is 0.756. The van der Waals surface area contributed by atoms with Crippen molar-refractivity contribution in [2.24, 2.45) is 47.3 Å². The van der Waals surface area contributed by atoms with Gasteiger partial charge in [-0.05, 0) is 128 Å². The van der Waals surface area contributed by atoms with Crippen LogP contribution in [0.4, 0.5) is 4.79 Å². The van der Waals surface area contributed by atoms with Gasteiger partial charge in [0.2, 0.25) is 47.3 Å². The number of hydrogen-bond donors (Lipinski definition) is 2. The molecule has 0 saturated carbocycles. The number of amides is 9. The molecular weight excluding hydrogens is 1290 g/mol. The summed E-state index contributed by atoms with van der Waals surface area (Å²) in [5, 5.41) is 6.57. The second kappa shape index (κ2) is 41.7. The van der Waals surface area contributed by atoms with E-state index in [1.54, 1.807) is 55.4 Å². The number of fused-ring (bicyclic) bond motifs is 1. The minimum atomic E-state index is -1.36. The number of ether oxygens (including phenoxy) is 4. The monoisotopic (exact) mass is 1420 g/mol. The Morgan fingerprint density at radius 3 is 1.60 bits per heavy atom. The molecule has 0 aliphatic carbocycles. The van der Waals surface area contributed by atoms with Gasteiger partial charge in [-0.1, -0.05) is 90.0 Å². The van der Waals surface area contributed by atoms with Crippen LogP contribution in [0.25, 0.3) is 0 Å². The first-order valence-corrected chi connectivity index (χ1v) is 36.7. The number of morpholine rings is 1. The van der Waals surface area contributed by atoms with E-state index in [4.69, 9.17) is 23.8 Å². The molecule has 14 atom stereocenters. The van der Waals surface area contributed by atoms with Crippen LogP contribution in [0.15, 0.2) is 0 Å². The number of hydrogen-bond acceptors (Lipinski definition) is 18. The Balaban J connectivity index is 2.29. The molecule has 0 aromatic heterocycles. The molecule has 3 aliphatic rings. The summed E-state index contributed by atoms with van der Waals surface area (Å²) >= 11 is 0. The highest BCUT2D eigenvalue weighted by atomic mass is 16.7. The zero-order valence-corrected chi connectivity index (χ0v) is 64.9. The van der Waals surface area contributed by atoms with Gasteiger partial charge in [0, 0.05) is 86.7 Å². The summed E-state index contributed by atoms with van der Waals surface area (Å²) in [6, 6.07) is -11.0. The number of rotatable bonds is 23. The normalized spacial score (nSPS) is 27.6. The fraction of sp³-hybridized carbons (Fsp3) is 0.836. The van der Waals surface area contributed by atoms with Crippen LogP contribution in [-0.4, -0.2) is 272 Å². The number of nitrogens with zero attached hydrogens (tertiary/aromatic N) is 8. The van der Waals surface area contributed by atoms with E-state index in [9.17, 15) is 24.0 Å². The fourth-order valence-corrected chi connectivity index (χ4v) is 13.5. The molecule has 3 heterocycles. The molecule has 0 aromatic rings. The summed E-state index contributed by atoms with van der Waals surface area (Å²) in [6.45, 7) is 34.0. The maximum atomic E-state index is 15.3. The van der Waals surface area contributed by atoms with Crippen LogP contribution in [0.5, 0.6) is 0 Å². The van der Waals surface area contributed by atoms with E-state index in [1.807, 2.05) is 48.5 Å². The minimum Gasteiger partial charge on any atom is -0.435 e. The standard InChI is InChI=1S/C73H128N10O17/c1-24-54-69(91)76(18)51(16)67(89)81(23)61(52(17)98-34-29-27-31-82-32-36-96-37-33-82)59(85)42-53(46(9)10)68(90)77(19)55(38-43(3)4)58(84)41-49(14)64(86)74-50(15)66(88)78(20)56(39-44(5)6)70(92)79(21)57(40-45(7)8)71(93)80(22)60(47(11)12)72(94)83-62(65(87)75-54)63(100-83)48(13)30-26-28-35-99-73(95)97-25-2/h43-57,60-63H,24-42H2,1-23H3,(H,74,86)(H,75,87)/t48-,49-,50-,51-,52-,53+,54+,55+,56+,57+,60+,61+,62+,63-/m1/s1. The van der Waals surface area contributed by atoms with E-state index in [0.717, 1.165) is 31.1 Å². The lowest BCUT2D eigenvalue weighted by atomic mass is 9.85. The molecule has 0 bridgehead atoms. The van der Waals surface area contributed by atoms with E-state index in [1.165, 1.54) is 85.5 Å². The molecule has 9 amide bonds. The highest BCUT2D eigenvalue weighted by Crippen LogP contribution is 2.35. The number of nitrogens with one attached hydrogen (secondary N) is 2. The van der Waals surface area contributed by atoms with E-state index in [-0.39, 0.29) is 76.1 Å². The first-order valence-electron chi connectivity index (χ1n) is 36.7. The average molecular weight is 1420 g/mol. The number of carbonyl (C=O) groups is 12. The third-order valence-electron chi connectivity index (χ3n) is 19.9. The molecule has 3 fully saturated rings. The van der Waals surface area contributed by atoms with Crippen molar-refractivity contribution in [2.45, 2.75) is 255 Å². The first kappa shape index (κ1) is 87.9. The Labute approximate surface area is 597 Å². The maximum Gasteiger partial charge on any atom is 0.508 e. The summed E-state index contributed by atoms with van der Waals surface area (Å²) in [5.74, 6) is -10.6. The lowest BCUT2D eigenvalue weighted by Crippen LogP contribution is -2.72. The van der Waals surface area contributed by atoms with Crippen LogP contribution in [0.2, 0.25) is 0 Å². The lowest BCUT2D eigenvalue weighted by molar-refractivity contribution is -0.322. The molecule has 0 spiro atoms. The Morgan fingerprint density at radius 1 is 0.530 bits per heavy atom. The molecule has 3 saturated heterocycles. The first-order chi connectivity index (χ1) is 46.8. The van der Waals surface area contributed by atoms with Crippen molar-refractivity contribution in [3.63, 3.8) is 0 Å². The van der Waals surface area contributed by atoms with Gasteiger partial charge in [-0.3, -0.25) is 62.5 Å². The zero-order chi connectivity index (χ0) is 75.9. The van der Waals surface area contributed by atoms with Gasteiger partial charge in [0.05, 0.1) is 38.6 Å². The number of hydroxylamine groups is 2. The van der Waals surface area contributed by atoms with Crippen LogP contribution in [0, 0.1) is 47.3 Å². The van der Waals surface area contributed by atoms with Crippen molar-refractivity contribution in [3.8, 4) is 0 Å². The number of likely N-dealkylation sites (N-methyl/N-ethyl adjacent to an activating group) is 6. The van der Waals surface area contributed by atoms with Crippen molar-refractivity contribution in [1.29, 1.82) is 0 Å². The second-order valence-corrected chi connectivity index (χ2v) is 30.2. The topological polar surface area (TPSA) is 301 Å². The number of ketones is 2. The van der Waals surface area contributed by atoms with E-state index in [2.05, 4.69) is 15.5 Å². The molecule has 27 heteroatoms. The van der Waals surface area contributed by atoms with Gasteiger partial charge >= 0.3 is 6.16 Å². The quantitative estimate of drug-likeness (QED) is 0.0874. The smallest absolute Gasteiger partial charge is 0.435 e.